The van der Waals surface area contributed by atoms with Crippen LogP contribution in [0.25, 0.3) is 0 Å². The molecule has 0 amide bonds. The van der Waals surface area contributed by atoms with E-state index in [2.05, 4.69) is 31.2 Å². The van der Waals surface area contributed by atoms with Crippen molar-refractivity contribution in [3.63, 3.8) is 0 Å². The number of benzene rings is 1. The van der Waals surface area contributed by atoms with E-state index in [0.29, 0.717) is 17.2 Å². The summed E-state index contributed by atoms with van der Waals surface area (Å²) in [5.74, 6) is 0.522. The van der Waals surface area contributed by atoms with Crippen LogP contribution in [-0.4, -0.2) is 9.97 Å². The molecule has 0 radical (unpaired) electrons. The number of nitrogens with one attached hydrogen (secondary N) is 1. The number of aryl methyl sites for hydroxylation is 1. The molecule has 0 aliphatic carbocycles. The number of halogens is 2. The normalized spacial score (nSPS) is 10.4. The Kier molecular flexibility index (Phi) is 3.73. The highest BCUT2D eigenvalue weighted by atomic mass is 79.9. The minimum absolute atomic E-state index is 0.178. The SMILES string of the molecule is Cc1nc(Cl)nc(Nc2cccc(Br)c2C)c1N. The van der Waals surface area contributed by atoms with Crippen molar-refractivity contribution in [1.29, 1.82) is 0 Å². The van der Waals surface area contributed by atoms with Crippen molar-refractivity contribution in [2.24, 2.45) is 0 Å². The van der Waals surface area contributed by atoms with Crippen LogP contribution in [0, 0.1) is 13.8 Å². The quantitative estimate of drug-likeness (QED) is 0.823. The average molecular weight is 328 g/mol. The van der Waals surface area contributed by atoms with E-state index >= 15 is 0 Å². The average Bonchev–Trinajstić information content (AvgIpc) is 2.31. The van der Waals surface area contributed by atoms with Gasteiger partial charge in [0, 0.05) is 10.2 Å². The summed E-state index contributed by atoms with van der Waals surface area (Å²) in [5.41, 5.74) is 9.08. The number of nitrogens with zero attached hydrogens (tertiary/aromatic N) is 2. The second-order valence-electron chi connectivity index (χ2n) is 3.88. The van der Waals surface area contributed by atoms with Crippen LogP contribution in [-0.2, 0) is 0 Å². The summed E-state index contributed by atoms with van der Waals surface area (Å²) in [4.78, 5) is 8.10. The number of rotatable bonds is 2. The molecule has 1 heterocycles. The molecule has 2 rings (SSSR count). The van der Waals surface area contributed by atoms with E-state index in [0.717, 1.165) is 15.7 Å². The van der Waals surface area contributed by atoms with E-state index in [-0.39, 0.29) is 5.28 Å². The van der Waals surface area contributed by atoms with Gasteiger partial charge in [-0.3, -0.25) is 0 Å². The lowest BCUT2D eigenvalue weighted by molar-refractivity contribution is 1.11. The van der Waals surface area contributed by atoms with Crippen LogP contribution in [0.3, 0.4) is 0 Å². The van der Waals surface area contributed by atoms with Gasteiger partial charge in [-0.15, -0.1) is 0 Å². The molecule has 1 aromatic heterocycles. The number of aromatic nitrogens is 2. The second-order valence-corrected chi connectivity index (χ2v) is 5.07. The van der Waals surface area contributed by atoms with Crippen molar-refractivity contribution in [3.8, 4) is 0 Å². The first-order valence-corrected chi connectivity index (χ1v) is 6.48. The summed E-state index contributed by atoms with van der Waals surface area (Å²) in [6, 6.07) is 5.86. The Hall–Kier alpha value is -1.33. The zero-order chi connectivity index (χ0) is 13.3. The number of nitrogens with two attached hydrogens (primary N) is 1. The fourth-order valence-electron chi connectivity index (χ4n) is 1.51. The summed E-state index contributed by atoms with van der Waals surface area (Å²) in [6.45, 7) is 3.79. The van der Waals surface area contributed by atoms with Crippen molar-refractivity contribution >= 4 is 44.7 Å². The number of anilines is 3. The third-order valence-electron chi connectivity index (χ3n) is 2.63. The van der Waals surface area contributed by atoms with Crippen LogP contribution < -0.4 is 11.1 Å². The Bertz CT molecular complexity index is 601. The highest BCUT2D eigenvalue weighted by Crippen LogP contribution is 2.29. The van der Waals surface area contributed by atoms with E-state index in [1.165, 1.54) is 0 Å². The highest BCUT2D eigenvalue weighted by molar-refractivity contribution is 9.10. The molecule has 1 aromatic carbocycles. The standard InChI is InChI=1S/C12H12BrClN4/c1-6-8(13)4-3-5-9(6)17-11-10(15)7(2)16-12(14)18-11/h3-5H,15H2,1-2H3,(H,16,17,18). The largest absolute Gasteiger partial charge is 0.394 e. The monoisotopic (exact) mass is 326 g/mol. The van der Waals surface area contributed by atoms with Gasteiger partial charge >= 0.3 is 0 Å². The summed E-state index contributed by atoms with van der Waals surface area (Å²) in [6.07, 6.45) is 0. The zero-order valence-electron chi connectivity index (χ0n) is 9.96. The molecular weight excluding hydrogens is 316 g/mol. The molecule has 0 aliphatic heterocycles. The third-order valence-corrected chi connectivity index (χ3v) is 3.66. The molecule has 18 heavy (non-hydrogen) atoms. The summed E-state index contributed by atoms with van der Waals surface area (Å²) < 4.78 is 1.02. The lowest BCUT2D eigenvalue weighted by Gasteiger charge is -2.12. The van der Waals surface area contributed by atoms with E-state index in [9.17, 15) is 0 Å². The molecule has 3 N–H and O–H groups in total. The van der Waals surface area contributed by atoms with Gasteiger partial charge in [-0.2, -0.15) is 4.98 Å². The first kappa shape index (κ1) is 13.1. The molecule has 94 valence electrons. The Balaban J connectivity index is 2.43. The molecular formula is C12H12BrClN4. The van der Waals surface area contributed by atoms with Crippen molar-refractivity contribution < 1.29 is 0 Å². The maximum Gasteiger partial charge on any atom is 0.224 e. The van der Waals surface area contributed by atoms with Gasteiger partial charge in [0.2, 0.25) is 5.28 Å². The van der Waals surface area contributed by atoms with Crippen molar-refractivity contribution in [3.05, 3.63) is 39.2 Å². The highest BCUT2D eigenvalue weighted by Gasteiger charge is 2.09. The van der Waals surface area contributed by atoms with Gasteiger partial charge in [0.15, 0.2) is 5.82 Å². The zero-order valence-corrected chi connectivity index (χ0v) is 12.3. The van der Waals surface area contributed by atoms with Crippen LogP contribution in [0.1, 0.15) is 11.3 Å². The van der Waals surface area contributed by atoms with Gasteiger partial charge < -0.3 is 11.1 Å². The minimum atomic E-state index is 0.178. The van der Waals surface area contributed by atoms with Crippen molar-refractivity contribution in [1.82, 2.24) is 9.97 Å². The van der Waals surface area contributed by atoms with Crippen LogP contribution in [0.15, 0.2) is 22.7 Å². The lowest BCUT2D eigenvalue weighted by atomic mass is 10.2. The Morgan fingerprint density at radius 1 is 1.28 bits per heavy atom. The summed E-state index contributed by atoms with van der Waals surface area (Å²) >= 11 is 9.31. The molecule has 0 bridgehead atoms. The van der Waals surface area contributed by atoms with Gasteiger partial charge in [0.05, 0.1) is 11.4 Å². The van der Waals surface area contributed by atoms with Crippen LogP contribution in [0.5, 0.6) is 0 Å². The van der Waals surface area contributed by atoms with Gasteiger partial charge in [0.25, 0.3) is 0 Å². The van der Waals surface area contributed by atoms with Gasteiger partial charge in [-0.1, -0.05) is 22.0 Å². The predicted octanol–water partition coefficient (Wildman–Crippen LogP) is 3.84. The molecule has 0 saturated carbocycles. The molecule has 0 fully saturated rings. The van der Waals surface area contributed by atoms with E-state index in [1.54, 1.807) is 6.92 Å². The Morgan fingerprint density at radius 3 is 2.72 bits per heavy atom. The number of hydrogen-bond acceptors (Lipinski definition) is 4. The van der Waals surface area contributed by atoms with Crippen LogP contribution in [0.4, 0.5) is 17.2 Å². The van der Waals surface area contributed by atoms with Crippen LogP contribution in [0.2, 0.25) is 5.28 Å². The molecule has 0 aliphatic rings. The molecule has 0 spiro atoms. The summed E-state index contributed by atoms with van der Waals surface area (Å²) in [5, 5.41) is 3.35. The van der Waals surface area contributed by atoms with Gasteiger partial charge in [-0.05, 0) is 43.1 Å². The van der Waals surface area contributed by atoms with Crippen molar-refractivity contribution in [2.45, 2.75) is 13.8 Å². The van der Waals surface area contributed by atoms with Gasteiger partial charge in [0.1, 0.15) is 0 Å². The number of hydrogen-bond donors (Lipinski definition) is 2. The third kappa shape index (κ3) is 2.57. The fourth-order valence-corrected chi connectivity index (χ4v) is 2.09. The van der Waals surface area contributed by atoms with E-state index in [1.807, 2.05) is 25.1 Å². The fraction of sp³-hybridized carbons (Fsp3) is 0.167. The van der Waals surface area contributed by atoms with Crippen molar-refractivity contribution in [2.75, 3.05) is 11.1 Å². The van der Waals surface area contributed by atoms with E-state index < -0.39 is 0 Å². The maximum atomic E-state index is 5.93. The second kappa shape index (κ2) is 5.12. The van der Waals surface area contributed by atoms with E-state index in [4.69, 9.17) is 17.3 Å². The topological polar surface area (TPSA) is 63.8 Å². The first-order valence-electron chi connectivity index (χ1n) is 5.31. The molecule has 0 unspecified atom stereocenters. The first-order chi connectivity index (χ1) is 8.49. The predicted molar refractivity (Wildman–Crippen MR) is 78.4 cm³/mol. The molecule has 6 heteroatoms. The van der Waals surface area contributed by atoms with Crippen LogP contribution >= 0.6 is 27.5 Å². The maximum absolute atomic E-state index is 5.93. The smallest absolute Gasteiger partial charge is 0.224 e. The number of nitrogen functional groups attached to an aromatic ring is 1. The Morgan fingerprint density at radius 2 is 2.00 bits per heavy atom. The summed E-state index contributed by atoms with van der Waals surface area (Å²) in [7, 11) is 0. The Labute approximate surface area is 119 Å². The molecule has 0 saturated heterocycles. The molecule has 4 nitrogen and oxygen atoms in total. The minimum Gasteiger partial charge on any atom is -0.394 e. The lowest BCUT2D eigenvalue weighted by Crippen LogP contribution is -2.04. The molecule has 2 aromatic rings. The van der Waals surface area contributed by atoms with Gasteiger partial charge in [-0.25, -0.2) is 4.98 Å². The molecule has 0 atom stereocenters.